The van der Waals surface area contributed by atoms with Crippen LogP contribution in [0.1, 0.15) is 6.92 Å². The standard InChI is InChI=1S/C8H8Br2ClNO2S/c1-2-12(11)15(13,14)8-5-6(9)3-4-7(8)10/h3-5H,2H2,1H3. The molecule has 0 aliphatic rings. The van der Waals surface area contributed by atoms with Crippen molar-refractivity contribution in [3.63, 3.8) is 0 Å². The summed E-state index contributed by atoms with van der Waals surface area (Å²) in [5.41, 5.74) is 0. The van der Waals surface area contributed by atoms with Crippen LogP contribution in [-0.2, 0) is 10.0 Å². The van der Waals surface area contributed by atoms with Crippen LogP contribution >= 0.6 is 43.6 Å². The Labute approximate surface area is 111 Å². The third kappa shape index (κ3) is 2.94. The Kier molecular flexibility index (Phi) is 4.61. The summed E-state index contributed by atoms with van der Waals surface area (Å²) in [6, 6.07) is 4.90. The molecule has 0 bridgehead atoms. The third-order valence-corrected chi connectivity index (χ3v) is 5.59. The lowest BCUT2D eigenvalue weighted by Crippen LogP contribution is -2.21. The minimum Gasteiger partial charge on any atom is -0.206 e. The van der Waals surface area contributed by atoms with Gasteiger partial charge >= 0.3 is 0 Å². The van der Waals surface area contributed by atoms with E-state index in [2.05, 4.69) is 31.9 Å². The molecule has 0 unspecified atom stereocenters. The molecule has 0 amide bonds. The zero-order valence-electron chi connectivity index (χ0n) is 7.75. The highest BCUT2D eigenvalue weighted by atomic mass is 79.9. The maximum atomic E-state index is 11.9. The van der Waals surface area contributed by atoms with Crippen LogP contribution in [0.25, 0.3) is 0 Å². The van der Waals surface area contributed by atoms with E-state index in [-0.39, 0.29) is 11.4 Å². The van der Waals surface area contributed by atoms with Crippen molar-refractivity contribution in [2.75, 3.05) is 6.54 Å². The van der Waals surface area contributed by atoms with E-state index in [0.717, 1.165) is 3.82 Å². The number of benzene rings is 1. The molecule has 15 heavy (non-hydrogen) atoms. The van der Waals surface area contributed by atoms with Gasteiger partial charge in [-0.15, -0.1) is 3.82 Å². The van der Waals surface area contributed by atoms with E-state index >= 15 is 0 Å². The number of nitrogens with zero attached hydrogens (tertiary/aromatic N) is 1. The molecular weight excluding hydrogens is 369 g/mol. The molecule has 0 heterocycles. The van der Waals surface area contributed by atoms with Crippen LogP contribution in [0, 0.1) is 0 Å². The summed E-state index contributed by atoms with van der Waals surface area (Å²) in [7, 11) is -3.62. The van der Waals surface area contributed by atoms with Crippen LogP contribution in [0.3, 0.4) is 0 Å². The van der Waals surface area contributed by atoms with Gasteiger partial charge in [-0.3, -0.25) is 0 Å². The molecule has 0 saturated heterocycles. The van der Waals surface area contributed by atoms with Crippen molar-refractivity contribution in [1.82, 2.24) is 3.82 Å². The maximum absolute atomic E-state index is 11.9. The predicted octanol–water partition coefficient (Wildman–Crippen LogP) is 3.38. The second-order valence-electron chi connectivity index (χ2n) is 2.68. The van der Waals surface area contributed by atoms with Gasteiger partial charge < -0.3 is 0 Å². The number of hydrogen-bond donors (Lipinski definition) is 0. The molecule has 0 radical (unpaired) electrons. The van der Waals surface area contributed by atoms with Crippen molar-refractivity contribution in [1.29, 1.82) is 0 Å². The average molecular weight is 377 g/mol. The quantitative estimate of drug-likeness (QED) is 0.758. The first-order chi connectivity index (χ1) is 6.89. The SMILES string of the molecule is CCN(Cl)S(=O)(=O)c1cc(Br)ccc1Br. The number of halogens is 3. The topological polar surface area (TPSA) is 37.4 Å². The van der Waals surface area contributed by atoms with Crippen molar-refractivity contribution < 1.29 is 8.42 Å². The summed E-state index contributed by atoms with van der Waals surface area (Å²) in [6.07, 6.45) is 0. The lowest BCUT2D eigenvalue weighted by Gasteiger charge is -2.13. The van der Waals surface area contributed by atoms with Gasteiger partial charge in [0.2, 0.25) is 0 Å². The van der Waals surface area contributed by atoms with Crippen LogP contribution in [0.5, 0.6) is 0 Å². The van der Waals surface area contributed by atoms with Gasteiger partial charge in [0.15, 0.2) is 0 Å². The highest BCUT2D eigenvalue weighted by Gasteiger charge is 2.24. The van der Waals surface area contributed by atoms with Crippen molar-refractivity contribution in [2.24, 2.45) is 0 Å². The fourth-order valence-electron chi connectivity index (χ4n) is 0.952. The number of sulfonamides is 1. The lowest BCUT2D eigenvalue weighted by molar-refractivity contribution is 0.544. The van der Waals surface area contributed by atoms with E-state index in [9.17, 15) is 8.42 Å². The van der Waals surface area contributed by atoms with Gasteiger partial charge in [0.05, 0.1) is 4.90 Å². The largest absolute Gasteiger partial charge is 0.257 e. The first-order valence-corrected chi connectivity index (χ1v) is 7.39. The van der Waals surface area contributed by atoms with Crippen LogP contribution in [0.2, 0.25) is 0 Å². The number of rotatable bonds is 3. The highest BCUT2D eigenvalue weighted by Crippen LogP contribution is 2.28. The second-order valence-corrected chi connectivity index (χ2v) is 6.89. The zero-order valence-corrected chi connectivity index (χ0v) is 12.5. The molecule has 7 heteroatoms. The Morgan fingerprint density at radius 2 is 2.00 bits per heavy atom. The molecule has 0 fully saturated rings. The Morgan fingerprint density at radius 3 is 2.53 bits per heavy atom. The average Bonchev–Trinajstić information content (AvgIpc) is 2.20. The molecule has 0 atom stereocenters. The van der Waals surface area contributed by atoms with Crippen LogP contribution in [0.4, 0.5) is 0 Å². The molecule has 1 rings (SSSR count). The summed E-state index contributed by atoms with van der Waals surface area (Å²) < 4.78 is 25.7. The molecule has 0 aromatic heterocycles. The second kappa shape index (κ2) is 5.14. The summed E-state index contributed by atoms with van der Waals surface area (Å²) in [5, 5.41) is 0. The van der Waals surface area contributed by atoms with Crippen molar-refractivity contribution in [3.05, 3.63) is 27.1 Å². The molecule has 0 saturated carbocycles. The molecule has 0 aliphatic heterocycles. The van der Waals surface area contributed by atoms with Gasteiger partial charge in [0.25, 0.3) is 10.0 Å². The Hall–Kier alpha value is 0.380. The first-order valence-electron chi connectivity index (χ1n) is 4.03. The minimum absolute atomic E-state index is 0.147. The maximum Gasteiger partial charge on any atom is 0.257 e. The van der Waals surface area contributed by atoms with E-state index < -0.39 is 10.0 Å². The van der Waals surface area contributed by atoms with Crippen molar-refractivity contribution in [2.45, 2.75) is 11.8 Å². The van der Waals surface area contributed by atoms with Gasteiger partial charge in [0.1, 0.15) is 0 Å². The predicted molar refractivity (Wildman–Crippen MR) is 67.3 cm³/mol. The smallest absolute Gasteiger partial charge is 0.206 e. The van der Waals surface area contributed by atoms with Gasteiger partial charge in [-0.2, -0.15) is 0 Å². The van der Waals surface area contributed by atoms with E-state index in [1.165, 1.54) is 6.07 Å². The van der Waals surface area contributed by atoms with Crippen LogP contribution in [0.15, 0.2) is 32.0 Å². The molecule has 1 aromatic carbocycles. The monoisotopic (exact) mass is 375 g/mol. The fraction of sp³-hybridized carbons (Fsp3) is 0.250. The summed E-state index contributed by atoms with van der Waals surface area (Å²) in [6.45, 7) is 1.87. The van der Waals surface area contributed by atoms with Gasteiger partial charge in [0, 0.05) is 15.5 Å². The Bertz CT molecular complexity index is 464. The van der Waals surface area contributed by atoms with Gasteiger partial charge in [-0.05, 0) is 52.8 Å². The van der Waals surface area contributed by atoms with E-state index in [4.69, 9.17) is 11.8 Å². The fourth-order valence-corrected chi connectivity index (χ4v) is 3.69. The summed E-state index contributed by atoms with van der Waals surface area (Å²) >= 11 is 12.0. The van der Waals surface area contributed by atoms with Crippen molar-refractivity contribution in [3.8, 4) is 0 Å². The number of hydrogen-bond acceptors (Lipinski definition) is 2. The zero-order chi connectivity index (χ0) is 11.6. The molecule has 0 N–H and O–H groups in total. The molecular formula is C8H8Br2ClNO2S. The summed E-state index contributed by atoms with van der Waals surface area (Å²) in [4.78, 5) is 0.147. The molecule has 84 valence electrons. The van der Waals surface area contributed by atoms with E-state index in [1.54, 1.807) is 19.1 Å². The molecule has 1 aromatic rings. The van der Waals surface area contributed by atoms with Gasteiger partial charge in [-0.25, -0.2) is 8.42 Å². The normalized spacial score (nSPS) is 12.1. The minimum atomic E-state index is -3.62. The van der Waals surface area contributed by atoms with Crippen LogP contribution < -0.4 is 0 Å². The molecule has 0 spiro atoms. The first kappa shape index (κ1) is 13.4. The Balaban J connectivity index is 3.33. The van der Waals surface area contributed by atoms with E-state index in [0.29, 0.717) is 8.95 Å². The Morgan fingerprint density at radius 1 is 1.40 bits per heavy atom. The molecule has 3 nitrogen and oxygen atoms in total. The highest BCUT2D eigenvalue weighted by molar-refractivity contribution is 9.11. The van der Waals surface area contributed by atoms with E-state index in [1.807, 2.05) is 0 Å². The third-order valence-electron chi connectivity index (χ3n) is 1.68. The van der Waals surface area contributed by atoms with Crippen molar-refractivity contribution >= 4 is 53.7 Å². The van der Waals surface area contributed by atoms with Gasteiger partial charge in [-0.1, -0.05) is 15.9 Å². The van der Waals surface area contributed by atoms with Crippen LogP contribution in [-0.4, -0.2) is 18.8 Å². The molecule has 0 aliphatic carbocycles. The lowest BCUT2D eigenvalue weighted by atomic mass is 10.4. The summed E-state index contributed by atoms with van der Waals surface area (Å²) in [5.74, 6) is 0.